The molecular formula is C18H21ClN2O3S. The van der Waals surface area contributed by atoms with Gasteiger partial charge in [0.25, 0.3) is 0 Å². The number of aryl methyl sites for hydroxylation is 2. The molecule has 0 heterocycles. The molecule has 1 amide bonds. The third-order valence-corrected chi connectivity index (χ3v) is 5.40. The lowest BCUT2D eigenvalue weighted by Gasteiger charge is -2.28. The Balaban J connectivity index is 2.31. The third kappa shape index (κ3) is 4.74. The quantitative estimate of drug-likeness (QED) is 0.858. The first-order valence-electron chi connectivity index (χ1n) is 7.72. The van der Waals surface area contributed by atoms with Crippen molar-refractivity contribution in [2.24, 2.45) is 0 Å². The van der Waals surface area contributed by atoms with Crippen LogP contribution in [0.5, 0.6) is 0 Å². The number of amides is 1. The Morgan fingerprint density at radius 3 is 2.36 bits per heavy atom. The van der Waals surface area contributed by atoms with Crippen molar-refractivity contribution < 1.29 is 13.2 Å². The van der Waals surface area contributed by atoms with Crippen LogP contribution in [0.4, 0.5) is 11.4 Å². The molecule has 134 valence electrons. The number of benzene rings is 2. The topological polar surface area (TPSA) is 66.5 Å². The average Bonchev–Trinajstić information content (AvgIpc) is 2.49. The van der Waals surface area contributed by atoms with Crippen molar-refractivity contribution in [1.29, 1.82) is 0 Å². The zero-order valence-electron chi connectivity index (χ0n) is 14.6. The van der Waals surface area contributed by atoms with Gasteiger partial charge in [-0.2, -0.15) is 0 Å². The number of hydrogen-bond acceptors (Lipinski definition) is 3. The van der Waals surface area contributed by atoms with E-state index in [1.165, 1.54) is 6.07 Å². The molecule has 0 saturated carbocycles. The average molecular weight is 381 g/mol. The molecule has 0 saturated heterocycles. The fourth-order valence-electron chi connectivity index (χ4n) is 2.49. The van der Waals surface area contributed by atoms with Crippen LogP contribution in [0, 0.1) is 13.8 Å². The molecular weight excluding hydrogens is 360 g/mol. The highest BCUT2D eigenvalue weighted by molar-refractivity contribution is 7.92. The van der Waals surface area contributed by atoms with Crippen molar-refractivity contribution in [3.05, 3.63) is 58.6 Å². The first-order valence-corrected chi connectivity index (χ1v) is 9.95. The monoisotopic (exact) mass is 380 g/mol. The van der Waals surface area contributed by atoms with Crippen LogP contribution in [-0.2, 0) is 14.8 Å². The molecule has 2 aromatic rings. The number of hydrogen-bond donors (Lipinski definition) is 1. The number of carbonyl (C=O) groups is 1. The van der Waals surface area contributed by atoms with Gasteiger partial charge in [0.2, 0.25) is 15.9 Å². The van der Waals surface area contributed by atoms with Crippen LogP contribution in [0.15, 0.2) is 42.5 Å². The van der Waals surface area contributed by atoms with Crippen LogP contribution in [0.3, 0.4) is 0 Å². The minimum Gasteiger partial charge on any atom is -0.324 e. The third-order valence-electron chi connectivity index (χ3n) is 3.93. The highest BCUT2D eigenvalue weighted by Crippen LogP contribution is 2.25. The van der Waals surface area contributed by atoms with Gasteiger partial charge in [-0.1, -0.05) is 23.7 Å². The molecule has 5 nitrogen and oxygen atoms in total. The van der Waals surface area contributed by atoms with Crippen LogP contribution in [0.2, 0.25) is 5.02 Å². The van der Waals surface area contributed by atoms with E-state index >= 15 is 0 Å². The van der Waals surface area contributed by atoms with Gasteiger partial charge in [-0.05, 0) is 62.2 Å². The Hall–Kier alpha value is -2.05. The minimum atomic E-state index is -3.67. The highest BCUT2D eigenvalue weighted by atomic mass is 35.5. The second-order valence-corrected chi connectivity index (χ2v) is 8.30. The Kier molecular flexibility index (Phi) is 5.75. The van der Waals surface area contributed by atoms with Gasteiger partial charge in [0, 0.05) is 10.7 Å². The summed E-state index contributed by atoms with van der Waals surface area (Å²) in [6, 6.07) is 11.0. The van der Waals surface area contributed by atoms with E-state index in [9.17, 15) is 13.2 Å². The van der Waals surface area contributed by atoms with E-state index in [2.05, 4.69) is 5.32 Å². The molecule has 0 radical (unpaired) electrons. The molecule has 0 fully saturated rings. The van der Waals surface area contributed by atoms with Crippen LogP contribution in [0.25, 0.3) is 0 Å². The molecule has 0 aliphatic rings. The number of anilines is 2. The van der Waals surface area contributed by atoms with E-state index in [1.807, 2.05) is 26.0 Å². The van der Waals surface area contributed by atoms with E-state index < -0.39 is 22.0 Å². The Labute approximate surface area is 153 Å². The molecule has 25 heavy (non-hydrogen) atoms. The molecule has 2 aromatic carbocycles. The first-order chi connectivity index (χ1) is 11.6. The maximum absolute atomic E-state index is 12.6. The summed E-state index contributed by atoms with van der Waals surface area (Å²) in [4.78, 5) is 12.6. The predicted octanol–water partition coefficient (Wildman–Crippen LogP) is 3.75. The highest BCUT2D eigenvalue weighted by Gasteiger charge is 2.29. The van der Waals surface area contributed by atoms with E-state index in [1.54, 1.807) is 31.2 Å². The predicted molar refractivity (Wildman–Crippen MR) is 103 cm³/mol. The summed E-state index contributed by atoms with van der Waals surface area (Å²) in [6.45, 7) is 5.47. The molecule has 1 N–H and O–H groups in total. The Morgan fingerprint density at radius 1 is 1.12 bits per heavy atom. The smallest absolute Gasteiger partial charge is 0.247 e. The lowest BCUT2D eigenvalue weighted by molar-refractivity contribution is -0.116. The van der Waals surface area contributed by atoms with E-state index in [0.717, 1.165) is 21.7 Å². The number of sulfonamides is 1. The zero-order chi connectivity index (χ0) is 18.8. The number of nitrogens with one attached hydrogen (secondary N) is 1. The zero-order valence-corrected chi connectivity index (χ0v) is 16.1. The van der Waals surface area contributed by atoms with Crippen molar-refractivity contribution in [3.63, 3.8) is 0 Å². The molecule has 1 atom stereocenters. The molecule has 0 aromatic heterocycles. The second kappa shape index (κ2) is 7.45. The number of nitrogens with zero attached hydrogens (tertiary/aromatic N) is 1. The normalized spacial score (nSPS) is 12.5. The summed E-state index contributed by atoms with van der Waals surface area (Å²) in [5, 5.41) is 3.16. The van der Waals surface area contributed by atoms with Crippen LogP contribution in [0.1, 0.15) is 18.1 Å². The van der Waals surface area contributed by atoms with Gasteiger partial charge in [0.15, 0.2) is 0 Å². The van der Waals surface area contributed by atoms with E-state index in [-0.39, 0.29) is 0 Å². The minimum absolute atomic E-state index is 0.345. The lowest BCUT2D eigenvalue weighted by atomic mass is 10.1. The van der Waals surface area contributed by atoms with E-state index in [4.69, 9.17) is 11.6 Å². The molecule has 7 heteroatoms. The van der Waals surface area contributed by atoms with Gasteiger partial charge < -0.3 is 5.32 Å². The standard InChI is InChI=1S/C18H21ClN2O3S/c1-12-8-9-16(10-13(12)2)20-18(22)14(3)21(25(4,23)24)17-7-5-6-15(19)11-17/h5-11,14H,1-4H3,(H,20,22)/t14-/m1/s1. The SMILES string of the molecule is Cc1ccc(NC(=O)[C@@H](C)N(c2cccc(Cl)c2)S(C)(=O)=O)cc1C. The molecule has 0 aliphatic heterocycles. The summed E-state index contributed by atoms with van der Waals surface area (Å²) in [6.07, 6.45) is 1.06. The van der Waals surface area contributed by atoms with Crippen LogP contribution in [-0.4, -0.2) is 26.6 Å². The fraction of sp³-hybridized carbons (Fsp3) is 0.278. The first kappa shape index (κ1) is 19.3. The van der Waals surface area contributed by atoms with Crippen molar-refractivity contribution >= 4 is 38.9 Å². The van der Waals surface area contributed by atoms with Gasteiger partial charge >= 0.3 is 0 Å². The summed E-state index contributed by atoms with van der Waals surface area (Å²) < 4.78 is 25.6. The van der Waals surface area contributed by atoms with Crippen LogP contribution < -0.4 is 9.62 Å². The maximum Gasteiger partial charge on any atom is 0.247 e. The van der Waals surface area contributed by atoms with Gasteiger partial charge in [-0.3, -0.25) is 9.10 Å². The lowest BCUT2D eigenvalue weighted by Crippen LogP contribution is -2.45. The van der Waals surface area contributed by atoms with Crippen molar-refractivity contribution in [2.45, 2.75) is 26.8 Å². The van der Waals surface area contributed by atoms with Gasteiger partial charge in [-0.15, -0.1) is 0 Å². The summed E-state index contributed by atoms with van der Waals surface area (Å²) in [7, 11) is -3.67. The van der Waals surface area contributed by atoms with Crippen molar-refractivity contribution in [2.75, 3.05) is 15.9 Å². The second-order valence-electron chi connectivity index (χ2n) is 6.00. The molecule has 0 bridgehead atoms. The van der Waals surface area contributed by atoms with Gasteiger partial charge in [0.1, 0.15) is 6.04 Å². The van der Waals surface area contributed by atoms with Gasteiger partial charge in [0.05, 0.1) is 11.9 Å². The van der Waals surface area contributed by atoms with Gasteiger partial charge in [-0.25, -0.2) is 8.42 Å². The summed E-state index contributed by atoms with van der Waals surface area (Å²) in [5.74, 6) is -0.423. The fourth-order valence-corrected chi connectivity index (χ4v) is 3.84. The largest absolute Gasteiger partial charge is 0.324 e. The van der Waals surface area contributed by atoms with Crippen LogP contribution >= 0.6 is 11.6 Å². The Morgan fingerprint density at radius 2 is 1.80 bits per heavy atom. The Bertz CT molecular complexity index is 897. The summed E-state index contributed by atoms with van der Waals surface area (Å²) >= 11 is 5.96. The summed E-state index contributed by atoms with van der Waals surface area (Å²) in [5.41, 5.74) is 3.13. The molecule has 2 rings (SSSR count). The maximum atomic E-state index is 12.6. The molecule has 0 aliphatic carbocycles. The molecule has 0 unspecified atom stereocenters. The molecule has 0 spiro atoms. The number of carbonyl (C=O) groups excluding carboxylic acids is 1. The van der Waals surface area contributed by atoms with E-state index in [0.29, 0.717) is 16.4 Å². The number of rotatable bonds is 5. The van der Waals surface area contributed by atoms with Crippen molar-refractivity contribution in [3.8, 4) is 0 Å². The number of halogens is 1. The van der Waals surface area contributed by atoms with Crippen molar-refractivity contribution in [1.82, 2.24) is 0 Å².